The van der Waals surface area contributed by atoms with Gasteiger partial charge in [0, 0.05) is 6.42 Å². The first-order valence-corrected chi connectivity index (χ1v) is 4.85. The predicted molar refractivity (Wildman–Crippen MR) is 45.6 cm³/mol. The number of rotatable bonds is 6. The third-order valence-corrected chi connectivity index (χ3v) is 2.42. The van der Waals surface area contributed by atoms with Gasteiger partial charge in [0.15, 0.2) is 0 Å². The molecule has 0 aromatic rings. The first-order valence-electron chi connectivity index (χ1n) is 4.85. The highest BCUT2D eigenvalue weighted by atomic mass is 19.4. The van der Waals surface area contributed by atoms with Gasteiger partial charge in [0.25, 0.3) is 5.67 Å². The zero-order chi connectivity index (χ0) is 17.3. The lowest BCUT2D eigenvalue weighted by Crippen LogP contribution is -2.67. The van der Waals surface area contributed by atoms with Gasteiger partial charge in [0.05, 0.1) is 13.0 Å². The Hall–Kier alpha value is -1.10. The lowest BCUT2D eigenvalue weighted by molar-refractivity contribution is -0.378. The van der Waals surface area contributed by atoms with Crippen molar-refractivity contribution in [2.24, 2.45) is 0 Å². The van der Waals surface area contributed by atoms with Gasteiger partial charge in [-0.15, -0.1) is 0 Å². The van der Waals surface area contributed by atoms with Crippen LogP contribution in [0.2, 0.25) is 0 Å². The molecule has 0 amide bonds. The fourth-order valence-electron chi connectivity index (χ4n) is 1.20. The average Bonchev–Trinajstić information content (AvgIpc) is 2.26. The highest BCUT2D eigenvalue weighted by Crippen LogP contribution is 2.57. The second-order valence-electron chi connectivity index (χ2n) is 3.79. The van der Waals surface area contributed by atoms with Gasteiger partial charge in [-0.3, -0.25) is 4.39 Å². The summed E-state index contributed by atoms with van der Waals surface area (Å²) < 4.78 is 151. The number of hydrogen-bond donors (Lipinski definition) is 0. The molecule has 0 aliphatic rings. The second-order valence-corrected chi connectivity index (χ2v) is 3.79. The minimum atomic E-state index is -7.10. The van der Waals surface area contributed by atoms with Gasteiger partial charge in [0.1, 0.15) is 0 Å². The average molecular weight is 342 g/mol. The van der Waals surface area contributed by atoms with E-state index in [1.54, 1.807) is 0 Å². The Morgan fingerprint density at radius 2 is 1.14 bits per heavy atom. The van der Waals surface area contributed by atoms with E-state index in [9.17, 15) is 52.7 Å². The van der Waals surface area contributed by atoms with E-state index in [-0.39, 0.29) is 0 Å². The van der Waals surface area contributed by atoms with Gasteiger partial charge in [-0.1, -0.05) is 0 Å². The molecule has 1 unspecified atom stereocenters. The molecule has 126 valence electrons. The summed E-state index contributed by atoms with van der Waals surface area (Å²) in [4.78, 5) is 0. The highest BCUT2D eigenvalue weighted by molar-refractivity contribution is 5.18. The Labute approximate surface area is 109 Å². The predicted octanol–water partition coefficient (Wildman–Crippen LogP) is 5.01. The topological polar surface area (TPSA) is 0 Å². The molecular weight excluding hydrogens is 336 g/mol. The fourth-order valence-corrected chi connectivity index (χ4v) is 1.20. The van der Waals surface area contributed by atoms with Crippen LogP contribution in [0.3, 0.4) is 0 Å². The van der Waals surface area contributed by atoms with Crippen LogP contribution in [0.25, 0.3) is 0 Å². The fraction of sp³-hybridized carbons (Fsp3) is 0.778. The molecule has 0 aromatic heterocycles. The number of halogens is 12. The highest BCUT2D eigenvalue weighted by Gasteiger charge is 2.84. The van der Waals surface area contributed by atoms with Gasteiger partial charge < -0.3 is 0 Å². The van der Waals surface area contributed by atoms with E-state index >= 15 is 0 Å². The van der Waals surface area contributed by atoms with Crippen LogP contribution in [0.1, 0.15) is 6.42 Å². The zero-order valence-corrected chi connectivity index (χ0v) is 9.60. The number of alkyl halides is 11. The first-order chi connectivity index (χ1) is 9.12. The largest absolute Gasteiger partial charge is 0.432 e. The van der Waals surface area contributed by atoms with Gasteiger partial charge >= 0.3 is 23.9 Å². The molecule has 0 saturated heterocycles. The van der Waals surface area contributed by atoms with E-state index in [2.05, 4.69) is 0 Å². The van der Waals surface area contributed by atoms with Gasteiger partial charge in [-0.25, -0.2) is 8.78 Å². The van der Waals surface area contributed by atoms with E-state index in [4.69, 9.17) is 0 Å². The molecule has 21 heavy (non-hydrogen) atoms. The van der Waals surface area contributed by atoms with Gasteiger partial charge in [-0.05, 0) is 6.08 Å². The smallest absolute Gasteiger partial charge is 0.251 e. The molecule has 0 radical (unpaired) electrons. The molecule has 12 heteroatoms. The molecule has 0 fully saturated rings. The summed E-state index contributed by atoms with van der Waals surface area (Å²) in [5.74, 6) is -20.0. The van der Waals surface area contributed by atoms with Crippen LogP contribution in [0, 0.1) is 0 Å². The van der Waals surface area contributed by atoms with Crippen LogP contribution in [0.5, 0.6) is 0 Å². The van der Waals surface area contributed by atoms with E-state index in [1.807, 2.05) is 0 Å². The second kappa shape index (κ2) is 5.59. The summed E-state index contributed by atoms with van der Waals surface area (Å²) in [6.07, 6.45) is -12.6. The van der Waals surface area contributed by atoms with Crippen LogP contribution >= 0.6 is 0 Å². The summed E-state index contributed by atoms with van der Waals surface area (Å²) in [5.41, 5.74) is -6.42. The molecule has 0 aliphatic heterocycles. The summed E-state index contributed by atoms with van der Waals surface area (Å²) in [6, 6.07) is 0. The molecule has 0 rings (SSSR count). The first kappa shape index (κ1) is 19.9. The Kier molecular flexibility index (Phi) is 5.30. The third kappa shape index (κ3) is 2.93. The van der Waals surface area contributed by atoms with Gasteiger partial charge in [-0.2, -0.15) is 39.5 Å². The van der Waals surface area contributed by atoms with Gasteiger partial charge in [0.2, 0.25) is 0 Å². The molecule has 0 nitrogen and oxygen atoms in total. The molecule has 0 aromatic carbocycles. The Bertz CT molecular complexity index is 381. The van der Waals surface area contributed by atoms with Crippen LogP contribution in [0.4, 0.5) is 52.7 Å². The standard InChI is InChI=1S/C9H6F12/c10-3-1-5(12,9(19,20)21)7(15,16)8(17,18)6(13,14)2-4-11/h1,3H,2,4H2. The molecule has 1 atom stereocenters. The lowest BCUT2D eigenvalue weighted by atomic mass is 9.87. The van der Waals surface area contributed by atoms with E-state index in [0.29, 0.717) is 0 Å². The zero-order valence-electron chi connectivity index (χ0n) is 9.60. The number of hydrogen-bond acceptors (Lipinski definition) is 0. The normalized spacial score (nSPS) is 18.1. The third-order valence-electron chi connectivity index (χ3n) is 2.42. The Balaban J connectivity index is 6.14. The molecule has 0 spiro atoms. The molecule has 0 saturated carbocycles. The molecule has 0 N–H and O–H groups in total. The van der Waals surface area contributed by atoms with Crippen molar-refractivity contribution in [1.82, 2.24) is 0 Å². The van der Waals surface area contributed by atoms with Crippen molar-refractivity contribution in [3.8, 4) is 0 Å². The maximum absolute atomic E-state index is 13.2. The maximum Gasteiger partial charge on any atom is 0.432 e. The van der Waals surface area contributed by atoms with E-state index in [1.165, 1.54) is 0 Å². The van der Waals surface area contributed by atoms with E-state index < -0.39 is 55.1 Å². The van der Waals surface area contributed by atoms with Crippen LogP contribution in [-0.4, -0.2) is 36.3 Å². The van der Waals surface area contributed by atoms with E-state index in [0.717, 1.165) is 0 Å². The summed E-state index contributed by atoms with van der Waals surface area (Å²) >= 11 is 0. The van der Waals surface area contributed by atoms with Crippen molar-refractivity contribution in [2.75, 3.05) is 6.67 Å². The Morgan fingerprint density at radius 3 is 1.43 bits per heavy atom. The monoisotopic (exact) mass is 342 g/mol. The van der Waals surface area contributed by atoms with Crippen LogP contribution < -0.4 is 0 Å². The molecule has 0 heterocycles. The number of allylic oxidation sites excluding steroid dienone is 1. The molecular formula is C9H6F12. The van der Waals surface area contributed by atoms with Crippen molar-refractivity contribution in [2.45, 2.75) is 36.0 Å². The summed E-state index contributed by atoms with van der Waals surface area (Å²) in [7, 11) is 0. The summed E-state index contributed by atoms with van der Waals surface area (Å²) in [6.45, 7) is -2.29. The SMILES string of the molecule is FC=CC(F)(C(F)(F)F)C(F)(F)C(F)(F)C(F)(F)CCF. The lowest BCUT2D eigenvalue weighted by Gasteiger charge is -2.39. The summed E-state index contributed by atoms with van der Waals surface area (Å²) in [5, 5.41) is 0. The molecule has 0 bridgehead atoms. The van der Waals surface area contributed by atoms with Crippen LogP contribution in [0.15, 0.2) is 12.4 Å². The Morgan fingerprint density at radius 1 is 0.714 bits per heavy atom. The van der Waals surface area contributed by atoms with Crippen molar-refractivity contribution < 1.29 is 52.7 Å². The minimum absolute atomic E-state index is 1.48. The maximum atomic E-state index is 13.2. The van der Waals surface area contributed by atoms with Crippen molar-refractivity contribution in [3.63, 3.8) is 0 Å². The minimum Gasteiger partial charge on any atom is -0.251 e. The van der Waals surface area contributed by atoms with Crippen molar-refractivity contribution in [3.05, 3.63) is 12.4 Å². The van der Waals surface area contributed by atoms with Crippen molar-refractivity contribution >= 4 is 0 Å². The van der Waals surface area contributed by atoms with Crippen molar-refractivity contribution in [1.29, 1.82) is 0 Å². The quantitative estimate of drug-likeness (QED) is 0.596. The molecule has 0 aliphatic carbocycles. The van der Waals surface area contributed by atoms with Crippen LogP contribution in [-0.2, 0) is 0 Å².